The molecule has 0 aromatic heterocycles. The molecule has 0 fully saturated rings. The van der Waals surface area contributed by atoms with Crippen LogP contribution in [0, 0.1) is 0 Å². The number of hydrogen-bond donors (Lipinski definition) is 1. The van der Waals surface area contributed by atoms with E-state index in [1.807, 2.05) is 6.92 Å². The molecular formula is C14H23BrN2. The van der Waals surface area contributed by atoms with E-state index in [9.17, 15) is 0 Å². The summed E-state index contributed by atoms with van der Waals surface area (Å²) < 4.78 is 1.13. The number of nitrogens with zero attached hydrogens (tertiary/aromatic N) is 1. The number of anilines is 1. The fourth-order valence-electron chi connectivity index (χ4n) is 2.13. The molecule has 0 aliphatic rings. The van der Waals surface area contributed by atoms with E-state index >= 15 is 0 Å². The predicted octanol–water partition coefficient (Wildman–Crippen LogP) is 4.09. The minimum absolute atomic E-state index is 0.0822. The average molecular weight is 299 g/mol. The van der Waals surface area contributed by atoms with Crippen LogP contribution in [0.3, 0.4) is 0 Å². The highest BCUT2D eigenvalue weighted by molar-refractivity contribution is 9.10. The Hall–Kier alpha value is -0.540. The van der Waals surface area contributed by atoms with E-state index in [2.05, 4.69) is 59.9 Å². The zero-order chi connectivity index (χ0) is 13.0. The summed E-state index contributed by atoms with van der Waals surface area (Å²) in [4.78, 5) is 2.34. The second-order valence-electron chi connectivity index (χ2n) is 4.58. The largest absolute Gasteiger partial charge is 0.371 e. The summed E-state index contributed by atoms with van der Waals surface area (Å²) in [6.45, 7) is 6.47. The first-order valence-corrected chi connectivity index (χ1v) is 7.08. The average Bonchev–Trinajstić information content (AvgIpc) is 2.30. The lowest BCUT2D eigenvalue weighted by Crippen LogP contribution is -2.30. The van der Waals surface area contributed by atoms with Gasteiger partial charge in [-0.05, 0) is 53.4 Å². The number of halogens is 1. The first-order valence-electron chi connectivity index (χ1n) is 6.29. The number of nitrogens with two attached hydrogens (primary N) is 1. The SMILES string of the molecule is CCC(CC)N(C)c1ccc(C(C)N)cc1Br. The molecule has 1 aromatic rings. The predicted molar refractivity (Wildman–Crippen MR) is 79.5 cm³/mol. The molecule has 1 aromatic carbocycles. The van der Waals surface area contributed by atoms with Crippen LogP contribution in [0.15, 0.2) is 22.7 Å². The minimum atomic E-state index is 0.0822. The lowest BCUT2D eigenvalue weighted by molar-refractivity contribution is 0.591. The maximum Gasteiger partial charge on any atom is 0.0510 e. The molecule has 0 spiro atoms. The van der Waals surface area contributed by atoms with Gasteiger partial charge in [0.1, 0.15) is 0 Å². The van der Waals surface area contributed by atoms with Crippen molar-refractivity contribution < 1.29 is 0 Å². The third-order valence-electron chi connectivity index (χ3n) is 3.37. The molecule has 0 bridgehead atoms. The van der Waals surface area contributed by atoms with Crippen LogP contribution >= 0.6 is 15.9 Å². The Morgan fingerprint density at radius 2 is 1.88 bits per heavy atom. The second kappa shape index (κ2) is 6.41. The van der Waals surface area contributed by atoms with Gasteiger partial charge in [-0.15, -0.1) is 0 Å². The Morgan fingerprint density at radius 1 is 1.29 bits per heavy atom. The molecule has 3 heteroatoms. The van der Waals surface area contributed by atoms with Crippen LogP contribution in [0.2, 0.25) is 0 Å². The Bertz CT molecular complexity index is 359. The van der Waals surface area contributed by atoms with Crippen molar-refractivity contribution in [3.63, 3.8) is 0 Å². The molecule has 0 amide bonds. The summed E-state index contributed by atoms with van der Waals surface area (Å²) >= 11 is 3.65. The molecular weight excluding hydrogens is 276 g/mol. The summed E-state index contributed by atoms with van der Waals surface area (Å²) in [5.41, 5.74) is 8.29. The van der Waals surface area contributed by atoms with Crippen molar-refractivity contribution >= 4 is 21.6 Å². The highest BCUT2D eigenvalue weighted by atomic mass is 79.9. The van der Waals surface area contributed by atoms with Crippen LogP contribution in [0.1, 0.15) is 45.2 Å². The topological polar surface area (TPSA) is 29.3 Å². The van der Waals surface area contributed by atoms with Crippen molar-refractivity contribution in [2.75, 3.05) is 11.9 Å². The van der Waals surface area contributed by atoms with E-state index in [1.165, 1.54) is 11.3 Å². The van der Waals surface area contributed by atoms with E-state index < -0.39 is 0 Å². The van der Waals surface area contributed by atoms with Gasteiger partial charge in [-0.3, -0.25) is 0 Å². The van der Waals surface area contributed by atoms with E-state index in [0.717, 1.165) is 17.3 Å². The minimum Gasteiger partial charge on any atom is -0.371 e. The van der Waals surface area contributed by atoms with Gasteiger partial charge < -0.3 is 10.6 Å². The molecule has 0 saturated carbocycles. The standard InChI is InChI=1S/C14H23BrN2/c1-5-12(6-2)17(4)14-8-7-11(10(3)16)9-13(14)15/h7-10,12H,5-6,16H2,1-4H3. The highest BCUT2D eigenvalue weighted by Crippen LogP contribution is 2.30. The van der Waals surface area contributed by atoms with Gasteiger partial charge in [-0.25, -0.2) is 0 Å². The maximum absolute atomic E-state index is 5.89. The first-order chi connectivity index (χ1) is 8.01. The third kappa shape index (κ3) is 3.46. The van der Waals surface area contributed by atoms with Crippen LogP contribution in [0.5, 0.6) is 0 Å². The lowest BCUT2D eigenvalue weighted by atomic mass is 10.1. The van der Waals surface area contributed by atoms with Gasteiger partial charge in [-0.1, -0.05) is 19.9 Å². The summed E-state index contributed by atoms with van der Waals surface area (Å²) in [5.74, 6) is 0. The monoisotopic (exact) mass is 298 g/mol. The van der Waals surface area contributed by atoms with Crippen molar-refractivity contribution in [1.29, 1.82) is 0 Å². The molecule has 0 radical (unpaired) electrons. The Morgan fingerprint density at radius 3 is 2.29 bits per heavy atom. The Kier molecular flexibility index (Phi) is 5.47. The zero-order valence-corrected chi connectivity index (χ0v) is 12.8. The molecule has 2 nitrogen and oxygen atoms in total. The highest BCUT2D eigenvalue weighted by Gasteiger charge is 2.14. The van der Waals surface area contributed by atoms with E-state index in [1.54, 1.807) is 0 Å². The van der Waals surface area contributed by atoms with E-state index in [0.29, 0.717) is 6.04 Å². The number of benzene rings is 1. The summed E-state index contributed by atoms with van der Waals surface area (Å²) in [7, 11) is 2.16. The Balaban J connectivity index is 2.99. The lowest BCUT2D eigenvalue weighted by Gasteiger charge is -2.29. The molecule has 1 unspecified atom stereocenters. The Labute approximate surface area is 113 Å². The van der Waals surface area contributed by atoms with Crippen molar-refractivity contribution in [3.8, 4) is 0 Å². The zero-order valence-electron chi connectivity index (χ0n) is 11.2. The smallest absolute Gasteiger partial charge is 0.0510 e. The summed E-state index contributed by atoms with van der Waals surface area (Å²) in [5, 5.41) is 0. The summed E-state index contributed by atoms with van der Waals surface area (Å²) in [6.07, 6.45) is 2.32. The van der Waals surface area contributed by atoms with Crippen LogP contribution in [-0.4, -0.2) is 13.1 Å². The first kappa shape index (κ1) is 14.5. The van der Waals surface area contributed by atoms with E-state index in [-0.39, 0.29) is 6.04 Å². The molecule has 96 valence electrons. The van der Waals surface area contributed by atoms with Crippen LogP contribution in [0.4, 0.5) is 5.69 Å². The van der Waals surface area contributed by atoms with Gasteiger partial charge in [0, 0.05) is 23.6 Å². The molecule has 2 N–H and O–H groups in total. The van der Waals surface area contributed by atoms with Crippen molar-refractivity contribution in [2.24, 2.45) is 5.73 Å². The summed E-state index contributed by atoms with van der Waals surface area (Å²) in [6, 6.07) is 7.06. The number of rotatable bonds is 5. The quantitative estimate of drug-likeness (QED) is 0.887. The van der Waals surface area contributed by atoms with Gasteiger partial charge in [0.15, 0.2) is 0 Å². The van der Waals surface area contributed by atoms with Gasteiger partial charge in [0.05, 0.1) is 5.69 Å². The molecule has 1 rings (SSSR count). The van der Waals surface area contributed by atoms with Gasteiger partial charge in [-0.2, -0.15) is 0 Å². The van der Waals surface area contributed by atoms with Gasteiger partial charge >= 0.3 is 0 Å². The maximum atomic E-state index is 5.89. The molecule has 0 saturated heterocycles. The van der Waals surface area contributed by atoms with Crippen molar-refractivity contribution in [1.82, 2.24) is 0 Å². The van der Waals surface area contributed by atoms with Crippen LogP contribution in [-0.2, 0) is 0 Å². The fourth-order valence-corrected chi connectivity index (χ4v) is 2.80. The van der Waals surface area contributed by atoms with Gasteiger partial charge in [0.2, 0.25) is 0 Å². The number of hydrogen-bond acceptors (Lipinski definition) is 2. The fraction of sp³-hybridized carbons (Fsp3) is 0.571. The molecule has 0 aliphatic heterocycles. The molecule has 0 heterocycles. The van der Waals surface area contributed by atoms with Crippen LogP contribution < -0.4 is 10.6 Å². The molecule has 1 atom stereocenters. The van der Waals surface area contributed by atoms with Crippen molar-refractivity contribution in [2.45, 2.75) is 45.7 Å². The van der Waals surface area contributed by atoms with Gasteiger partial charge in [0.25, 0.3) is 0 Å². The molecule has 0 aliphatic carbocycles. The van der Waals surface area contributed by atoms with Crippen LogP contribution in [0.25, 0.3) is 0 Å². The van der Waals surface area contributed by atoms with Crippen molar-refractivity contribution in [3.05, 3.63) is 28.2 Å². The second-order valence-corrected chi connectivity index (χ2v) is 5.44. The third-order valence-corrected chi connectivity index (χ3v) is 4.00. The molecule has 17 heavy (non-hydrogen) atoms. The normalized spacial score (nSPS) is 12.9. The van der Waals surface area contributed by atoms with E-state index in [4.69, 9.17) is 5.73 Å².